The van der Waals surface area contributed by atoms with Gasteiger partial charge in [-0.25, -0.2) is 0 Å². The Morgan fingerprint density at radius 3 is 2.12 bits per heavy atom. The summed E-state index contributed by atoms with van der Waals surface area (Å²) in [5, 5.41) is 20.6. The third-order valence-electron chi connectivity index (χ3n) is 8.18. The summed E-state index contributed by atoms with van der Waals surface area (Å²) in [5.74, 6) is 0.514. The molecule has 43 heavy (non-hydrogen) atoms. The topological polar surface area (TPSA) is 93.7 Å². The van der Waals surface area contributed by atoms with Crippen LogP contribution in [-0.2, 0) is 13.0 Å². The molecule has 1 aliphatic rings. The Bertz CT molecular complexity index is 1260. The van der Waals surface area contributed by atoms with Crippen LogP contribution in [0.25, 0.3) is 0 Å². The minimum absolute atomic E-state index is 0.199. The van der Waals surface area contributed by atoms with Gasteiger partial charge in [0.25, 0.3) is 11.8 Å². The maximum atomic E-state index is 13.3. The molecule has 0 aliphatic carbocycles. The maximum absolute atomic E-state index is 13.3. The Morgan fingerprint density at radius 1 is 0.837 bits per heavy atom. The van der Waals surface area contributed by atoms with E-state index in [1.807, 2.05) is 44.2 Å². The summed E-state index contributed by atoms with van der Waals surface area (Å²) >= 11 is 0. The van der Waals surface area contributed by atoms with Gasteiger partial charge in [-0.15, -0.1) is 0 Å². The molecule has 4 rings (SSSR count). The van der Waals surface area contributed by atoms with Crippen LogP contribution in [0, 0.1) is 11.8 Å². The fourth-order valence-corrected chi connectivity index (χ4v) is 5.58. The van der Waals surface area contributed by atoms with E-state index in [-0.39, 0.29) is 11.8 Å². The molecule has 3 aromatic rings. The van der Waals surface area contributed by atoms with Crippen molar-refractivity contribution in [2.75, 3.05) is 32.7 Å². The highest BCUT2D eigenvalue weighted by Crippen LogP contribution is 2.21. The number of aliphatic hydroxyl groups is 1. The van der Waals surface area contributed by atoms with E-state index in [0.717, 1.165) is 38.2 Å². The van der Waals surface area contributed by atoms with E-state index in [0.29, 0.717) is 42.5 Å². The lowest BCUT2D eigenvalue weighted by molar-refractivity contribution is 0.0829. The van der Waals surface area contributed by atoms with Gasteiger partial charge in [0.15, 0.2) is 0 Å². The van der Waals surface area contributed by atoms with Crippen molar-refractivity contribution < 1.29 is 14.7 Å². The molecule has 7 nitrogen and oxygen atoms in total. The number of aliphatic hydroxyl groups excluding tert-OH is 1. The van der Waals surface area contributed by atoms with Crippen molar-refractivity contribution in [2.45, 2.75) is 58.2 Å². The average molecular weight is 585 g/mol. The zero-order valence-electron chi connectivity index (χ0n) is 25.7. The van der Waals surface area contributed by atoms with Crippen LogP contribution in [0.2, 0.25) is 0 Å². The van der Waals surface area contributed by atoms with Crippen LogP contribution in [0.1, 0.15) is 65.0 Å². The van der Waals surface area contributed by atoms with Gasteiger partial charge < -0.3 is 21.1 Å². The van der Waals surface area contributed by atoms with Gasteiger partial charge in [-0.2, -0.15) is 0 Å². The van der Waals surface area contributed by atoms with E-state index in [9.17, 15) is 14.7 Å². The van der Waals surface area contributed by atoms with Gasteiger partial charge in [0.1, 0.15) is 0 Å². The quantitative estimate of drug-likeness (QED) is 0.195. The zero-order chi connectivity index (χ0) is 30.4. The van der Waals surface area contributed by atoms with Gasteiger partial charge in [-0.1, -0.05) is 80.6 Å². The Hall–Kier alpha value is -3.52. The molecule has 3 aromatic carbocycles. The van der Waals surface area contributed by atoms with Crippen molar-refractivity contribution in [3.05, 3.63) is 107 Å². The number of carbonyl (C=O) groups excluding carboxylic acids is 2. The number of nitrogens with zero attached hydrogens (tertiary/aromatic N) is 1. The third kappa shape index (κ3) is 10.9. The first-order valence-electron chi connectivity index (χ1n) is 15.8. The number of likely N-dealkylation sites (tertiary alicyclic amines) is 1. The number of rotatable bonds is 15. The Balaban J connectivity index is 1.26. The van der Waals surface area contributed by atoms with E-state index in [4.69, 9.17) is 0 Å². The minimum atomic E-state index is -0.769. The Kier molecular flexibility index (Phi) is 12.8. The largest absolute Gasteiger partial charge is 0.390 e. The highest BCUT2D eigenvalue weighted by molar-refractivity contribution is 5.99. The summed E-state index contributed by atoms with van der Waals surface area (Å²) in [6.07, 6.45) is 3.20. The molecule has 1 aliphatic heterocycles. The fourth-order valence-electron chi connectivity index (χ4n) is 5.58. The SMILES string of the molecule is CC(C)CNC(=O)c1cccc(C(=O)N[C@@H](Cc2ccccc2)[C@H](O)CNCCC2CCN(Cc3ccccc3)CC2)c1. The predicted molar refractivity (Wildman–Crippen MR) is 173 cm³/mol. The zero-order valence-corrected chi connectivity index (χ0v) is 25.7. The van der Waals surface area contributed by atoms with E-state index >= 15 is 0 Å². The first-order valence-corrected chi connectivity index (χ1v) is 15.8. The standard InChI is InChI=1S/C36H48N4O3/c1-27(2)24-38-35(42)31-14-9-15-32(23-31)36(43)39-33(22-29-10-5-3-6-11-29)34(41)25-37-19-16-28-17-20-40(21-18-28)26-30-12-7-4-8-13-30/h3-15,23,27-28,33-34,37,41H,16-22,24-26H2,1-2H3,(H,38,42)(H,39,43)/t33-,34+/m0/s1. The molecule has 2 amide bonds. The lowest BCUT2D eigenvalue weighted by Crippen LogP contribution is -2.49. The molecule has 2 atom stereocenters. The lowest BCUT2D eigenvalue weighted by Gasteiger charge is -2.32. The normalized spacial score (nSPS) is 15.6. The molecule has 1 fully saturated rings. The second-order valence-electron chi connectivity index (χ2n) is 12.2. The number of piperidine rings is 1. The number of carbonyl (C=O) groups is 2. The number of nitrogens with one attached hydrogen (secondary N) is 3. The summed E-state index contributed by atoms with van der Waals surface area (Å²) in [7, 11) is 0. The molecule has 0 bridgehead atoms. The maximum Gasteiger partial charge on any atom is 0.251 e. The molecule has 7 heteroatoms. The highest BCUT2D eigenvalue weighted by Gasteiger charge is 2.24. The van der Waals surface area contributed by atoms with Crippen molar-refractivity contribution in [2.24, 2.45) is 11.8 Å². The van der Waals surface area contributed by atoms with Crippen LogP contribution < -0.4 is 16.0 Å². The van der Waals surface area contributed by atoms with Crippen molar-refractivity contribution in [1.82, 2.24) is 20.9 Å². The number of hydrogen-bond acceptors (Lipinski definition) is 5. The van der Waals surface area contributed by atoms with Crippen molar-refractivity contribution in [3.63, 3.8) is 0 Å². The second kappa shape index (κ2) is 16.9. The average Bonchev–Trinajstić information content (AvgIpc) is 3.03. The van der Waals surface area contributed by atoms with Gasteiger partial charge >= 0.3 is 0 Å². The van der Waals surface area contributed by atoms with Crippen LogP contribution in [0.5, 0.6) is 0 Å². The van der Waals surface area contributed by atoms with Crippen LogP contribution in [0.15, 0.2) is 84.9 Å². The van der Waals surface area contributed by atoms with E-state index in [2.05, 4.69) is 51.2 Å². The molecule has 1 heterocycles. The van der Waals surface area contributed by atoms with Crippen LogP contribution in [0.3, 0.4) is 0 Å². The lowest BCUT2D eigenvalue weighted by atomic mass is 9.93. The molecule has 230 valence electrons. The molecule has 0 saturated carbocycles. The number of amides is 2. The van der Waals surface area contributed by atoms with Crippen LogP contribution in [0.4, 0.5) is 0 Å². The summed E-state index contributed by atoms with van der Waals surface area (Å²) in [6.45, 7) is 9.12. The van der Waals surface area contributed by atoms with Gasteiger partial charge in [0.05, 0.1) is 12.1 Å². The number of benzene rings is 3. The first kappa shape index (κ1) is 32.4. The monoisotopic (exact) mass is 584 g/mol. The molecular formula is C36H48N4O3. The van der Waals surface area contributed by atoms with Crippen LogP contribution in [-0.4, -0.2) is 66.7 Å². The van der Waals surface area contributed by atoms with Crippen molar-refractivity contribution in [3.8, 4) is 0 Å². The molecule has 1 saturated heterocycles. The van der Waals surface area contributed by atoms with Crippen LogP contribution >= 0.6 is 0 Å². The van der Waals surface area contributed by atoms with E-state index < -0.39 is 12.1 Å². The van der Waals surface area contributed by atoms with Gasteiger partial charge in [-0.3, -0.25) is 14.5 Å². The number of hydrogen-bond donors (Lipinski definition) is 4. The third-order valence-corrected chi connectivity index (χ3v) is 8.18. The molecule has 0 aromatic heterocycles. The van der Waals surface area contributed by atoms with Gasteiger partial charge in [-0.05, 0) is 86.5 Å². The first-order chi connectivity index (χ1) is 20.9. The molecular weight excluding hydrogens is 536 g/mol. The van der Waals surface area contributed by atoms with E-state index in [1.165, 1.54) is 18.4 Å². The van der Waals surface area contributed by atoms with Gasteiger partial charge in [0.2, 0.25) is 0 Å². The Labute approximate surface area is 257 Å². The smallest absolute Gasteiger partial charge is 0.251 e. The molecule has 0 radical (unpaired) electrons. The van der Waals surface area contributed by atoms with E-state index in [1.54, 1.807) is 24.3 Å². The van der Waals surface area contributed by atoms with Crippen molar-refractivity contribution in [1.29, 1.82) is 0 Å². The summed E-state index contributed by atoms with van der Waals surface area (Å²) < 4.78 is 0. The predicted octanol–water partition coefficient (Wildman–Crippen LogP) is 4.67. The summed E-state index contributed by atoms with van der Waals surface area (Å²) in [4.78, 5) is 28.4. The van der Waals surface area contributed by atoms with Crippen molar-refractivity contribution >= 4 is 11.8 Å². The molecule has 0 unspecified atom stereocenters. The van der Waals surface area contributed by atoms with Gasteiger partial charge in [0, 0.05) is 30.8 Å². The fraction of sp³-hybridized carbons (Fsp3) is 0.444. The Morgan fingerprint density at radius 2 is 1.47 bits per heavy atom. The molecule has 0 spiro atoms. The second-order valence-corrected chi connectivity index (χ2v) is 12.2. The summed E-state index contributed by atoms with van der Waals surface area (Å²) in [6, 6.07) is 26.8. The highest BCUT2D eigenvalue weighted by atomic mass is 16.3. The minimum Gasteiger partial charge on any atom is -0.390 e. The summed E-state index contributed by atoms with van der Waals surface area (Å²) in [5.41, 5.74) is 3.25. The molecule has 4 N–H and O–H groups in total.